The van der Waals surface area contributed by atoms with Gasteiger partial charge in [-0.15, -0.1) is 0 Å². The molecule has 0 radical (unpaired) electrons. The molecule has 578 valence electrons. The minimum Gasteiger partial charge on any atom is -0.462 e. The third-order valence-corrected chi connectivity index (χ3v) is 18.4. The maximum atomic E-state index is 13.1. The van der Waals surface area contributed by atoms with Gasteiger partial charge in [-0.25, -0.2) is 9.13 Å². The molecule has 0 aliphatic carbocycles. The Bertz CT molecular complexity index is 2270. The SMILES string of the molecule is CCCCC/C=C\C/C=C\C/C=C\C/C=C\CCCC(=O)OC[C@H](COP(=O)(O)OC[C@H](O)COP(=O)(O)OC[C@@H](COC(=O)CCCCCCC/C=C\C/C=C\CCCCC)OC(=O)CCCCCCC/C=C\CCCCCC)OC(=O)CCCCCCC/C=C\CCCCCCCC. The molecule has 0 fully saturated rings. The molecule has 0 rings (SSSR count). The second-order valence-corrected chi connectivity index (χ2v) is 29.2. The van der Waals surface area contributed by atoms with Gasteiger partial charge in [-0.1, -0.05) is 260 Å². The van der Waals surface area contributed by atoms with Crippen LogP contribution in [0.3, 0.4) is 0 Å². The summed E-state index contributed by atoms with van der Waals surface area (Å²) < 4.78 is 68.5. The molecule has 0 aromatic rings. The molecular formula is C81H142O17P2. The zero-order valence-corrected chi connectivity index (χ0v) is 64.9. The highest BCUT2D eigenvalue weighted by molar-refractivity contribution is 7.47. The smallest absolute Gasteiger partial charge is 0.462 e. The van der Waals surface area contributed by atoms with E-state index < -0.39 is 97.5 Å². The Labute approximate surface area is 607 Å². The van der Waals surface area contributed by atoms with Crippen molar-refractivity contribution in [3.8, 4) is 0 Å². The van der Waals surface area contributed by atoms with Crippen LogP contribution in [0.15, 0.2) is 97.2 Å². The monoisotopic (exact) mass is 1450 g/mol. The van der Waals surface area contributed by atoms with Gasteiger partial charge in [0.2, 0.25) is 0 Å². The Morgan fingerprint density at radius 3 is 0.830 bits per heavy atom. The van der Waals surface area contributed by atoms with Gasteiger partial charge in [0, 0.05) is 25.7 Å². The number of hydrogen-bond donors (Lipinski definition) is 3. The van der Waals surface area contributed by atoms with Gasteiger partial charge in [0.15, 0.2) is 12.2 Å². The van der Waals surface area contributed by atoms with Crippen LogP contribution >= 0.6 is 15.6 Å². The minimum atomic E-state index is -4.99. The molecule has 0 heterocycles. The number of carbonyl (C=O) groups excluding carboxylic acids is 4. The van der Waals surface area contributed by atoms with Crippen molar-refractivity contribution in [1.82, 2.24) is 0 Å². The predicted molar refractivity (Wildman–Crippen MR) is 409 cm³/mol. The summed E-state index contributed by atoms with van der Waals surface area (Å²) in [6, 6.07) is 0. The van der Waals surface area contributed by atoms with Crippen molar-refractivity contribution in [3.05, 3.63) is 97.2 Å². The predicted octanol–water partition coefficient (Wildman–Crippen LogP) is 22.8. The second kappa shape index (κ2) is 73.3. The number of phosphoric acid groups is 2. The molecular weight excluding hydrogens is 1310 g/mol. The van der Waals surface area contributed by atoms with Gasteiger partial charge in [0.1, 0.15) is 19.3 Å². The molecule has 3 N–H and O–H groups in total. The lowest BCUT2D eigenvalue weighted by Crippen LogP contribution is -2.30. The summed E-state index contributed by atoms with van der Waals surface area (Å²) in [5.74, 6) is -2.26. The van der Waals surface area contributed by atoms with Gasteiger partial charge in [0.25, 0.3) is 0 Å². The van der Waals surface area contributed by atoms with E-state index in [-0.39, 0.29) is 25.7 Å². The van der Waals surface area contributed by atoms with E-state index in [1.807, 2.05) is 12.2 Å². The van der Waals surface area contributed by atoms with E-state index >= 15 is 0 Å². The van der Waals surface area contributed by atoms with Crippen LogP contribution in [0.5, 0.6) is 0 Å². The van der Waals surface area contributed by atoms with Crippen LogP contribution in [-0.4, -0.2) is 96.7 Å². The van der Waals surface area contributed by atoms with E-state index in [9.17, 15) is 43.2 Å². The Hall–Kier alpha value is -4.02. The van der Waals surface area contributed by atoms with Crippen molar-refractivity contribution < 1.29 is 80.2 Å². The molecule has 0 aliphatic rings. The van der Waals surface area contributed by atoms with E-state index in [4.69, 9.17) is 37.0 Å². The van der Waals surface area contributed by atoms with E-state index in [0.29, 0.717) is 32.1 Å². The summed E-state index contributed by atoms with van der Waals surface area (Å²) in [7, 11) is -9.97. The lowest BCUT2D eigenvalue weighted by molar-refractivity contribution is -0.161. The maximum Gasteiger partial charge on any atom is 0.472 e. The number of carbonyl (C=O) groups is 4. The normalized spacial score (nSPS) is 14.4. The number of rotatable bonds is 74. The van der Waals surface area contributed by atoms with Crippen LogP contribution < -0.4 is 0 Å². The topological polar surface area (TPSA) is 237 Å². The van der Waals surface area contributed by atoms with Gasteiger partial charge < -0.3 is 33.8 Å². The molecule has 17 nitrogen and oxygen atoms in total. The zero-order chi connectivity index (χ0) is 73.2. The molecule has 0 saturated heterocycles. The largest absolute Gasteiger partial charge is 0.472 e. The molecule has 5 atom stereocenters. The van der Waals surface area contributed by atoms with E-state index in [1.165, 1.54) is 103 Å². The van der Waals surface area contributed by atoms with Crippen molar-refractivity contribution in [2.24, 2.45) is 0 Å². The summed E-state index contributed by atoms with van der Waals surface area (Å²) >= 11 is 0. The molecule has 0 amide bonds. The van der Waals surface area contributed by atoms with E-state index in [1.54, 1.807) is 0 Å². The Balaban J connectivity index is 5.41. The molecule has 0 bridgehead atoms. The van der Waals surface area contributed by atoms with Crippen molar-refractivity contribution in [2.75, 3.05) is 39.6 Å². The first-order chi connectivity index (χ1) is 48.7. The van der Waals surface area contributed by atoms with Crippen LogP contribution in [0.4, 0.5) is 0 Å². The molecule has 0 aromatic heterocycles. The first-order valence-electron chi connectivity index (χ1n) is 39.5. The molecule has 2 unspecified atom stereocenters. The third-order valence-electron chi connectivity index (χ3n) is 16.5. The number of hydrogen-bond acceptors (Lipinski definition) is 15. The fourth-order valence-corrected chi connectivity index (χ4v) is 12.0. The average molecular weight is 1450 g/mol. The van der Waals surface area contributed by atoms with Crippen LogP contribution in [0, 0.1) is 0 Å². The highest BCUT2D eigenvalue weighted by Crippen LogP contribution is 2.45. The van der Waals surface area contributed by atoms with E-state index in [2.05, 4.69) is 113 Å². The maximum absolute atomic E-state index is 13.1. The highest BCUT2D eigenvalue weighted by Gasteiger charge is 2.30. The Morgan fingerprint density at radius 2 is 0.500 bits per heavy atom. The Morgan fingerprint density at radius 1 is 0.280 bits per heavy atom. The van der Waals surface area contributed by atoms with Gasteiger partial charge >= 0.3 is 39.5 Å². The first kappa shape index (κ1) is 96.0. The highest BCUT2D eigenvalue weighted by atomic mass is 31.2. The van der Waals surface area contributed by atoms with Crippen molar-refractivity contribution in [1.29, 1.82) is 0 Å². The van der Waals surface area contributed by atoms with Gasteiger partial charge in [-0.05, 0) is 148 Å². The molecule has 100 heavy (non-hydrogen) atoms. The van der Waals surface area contributed by atoms with Crippen molar-refractivity contribution in [3.63, 3.8) is 0 Å². The van der Waals surface area contributed by atoms with Crippen LogP contribution in [0.25, 0.3) is 0 Å². The summed E-state index contributed by atoms with van der Waals surface area (Å²) in [4.78, 5) is 72.9. The lowest BCUT2D eigenvalue weighted by Gasteiger charge is -2.21. The van der Waals surface area contributed by atoms with Crippen molar-refractivity contribution >= 4 is 39.5 Å². The number of unbranched alkanes of at least 4 members (excludes halogenated alkanes) is 32. The number of aliphatic hydroxyl groups is 1. The minimum absolute atomic E-state index is 0.0735. The van der Waals surface area contributed by atoms with E-state index in [0.717, 1.165) is 148 Å². The summed E-state index contributed by atoms with van der Waals surface area (Å²) in [5.41, 5.74) is 0. The summed E-state index contributed by atoms with van der Waals surface area (Å²) in [5, 5.41) is 10.6. The summed E-state index contributed by atoms with van der Waals surface area (Å²) in [6.45, 7) is 4.73. The molecule has 0 saturated carbocycles. The zero-order valence-electron chi connectivity index (χ0n) is 63.1. The lowest BCUT2D eigenvalue weighted by atomic mass is 10.1. The summed E-state index contributed by atoms with van der Waals surface area (Å²) in [6.07, 6.45) is 76.8. The molecule has 0 aliphatic heterocycles. The number of allylic oxidation sites excluding steroid dienone is 16. The van der Waals surface area contributed by atoms with Gasteiger partial charge in [-0.3, -0.25) is 37.3 Å². The van der Waals surface area contributed by atoms with Crippen LogP contribution in [0.1, 0.15) is 336 Å². The number of ether oxygens (including phenoxy) is 4. The van der Waals surface area contributed by atoms with Crippen LogP contribution in [-0.2, 0) is 65.4 Å². The van der Waals surface area contributed by atoms with Gasteiger partial charge in [0.05, 0.1) is 26.4 Å². The fourth-order valence-electron chi connectivity index (χ4n) is 10.4. The van der Waals surface area contributed by atoms with Crippen LogP contribution in [0.2, 0.25) is 0 Å². The number of aliphatic hydroxyl groups excluding tert-OH is 1. The quantitative estimate of drug-likeness (QED) is 0.0169. The second-order valence-electron chi connectivity index (χ2n) is 26.3. The number of esters is 4. The molecule has 0 aromatic carbocycles. The third kappa shape index (κ3) is 72.3. The van der Waals surface area contributed by atoms with Crippen molar-refractivity contribution in [2.45, 2.75) is 354 Å². The fraction of sp³-hybridized carbons (Fsp3) is 0.753. The van der Waals surface area contributed by atoms with Gasteiger partial charge in [-0.2, -0.15) is 0 Å². The molecule has 19 heteroatoms. The first-order valence-corrected chi connectivity index (χ1v) is 42.5. The standard InChI is InChI=1S/C81H142O17P2/c1-5-9-13-17-21-25-29-33-36-37-40-43-46-50-54-58-62-66-79(84)92-72-77(98-81(86)68-64-60-56-52-48-44-39-35-31-27-23-19-15-11-7-3)74-96-100(89,90)94-70-75(82)69-93-99(87,88)95-73-76(97-80(85)67-63-59-55-51-47-41-32-28-24-20-16-12-8-4)71-91-78(83)65-61-57-53-49-45-42-38-34-30-26-22-18-14-10-6-2/h21-22,25-26,28,32-36,38-40,43,50,54,75-77,82H,5-20,23-24,27,29-31,37,41-42,44-49,51-53,55-74H2,1-4H3,(H,87,88)(H,89,90)/b25-21-,26-22-,32-28-,36-33-,38-34-,39-35-,43-40-,54-50-/t75-,76-,77-/m1/s1. The number of phosphoric ester groups is 2. The Kier molecular flexibility index (Phi) is 70.4. The average Bonchev–Trinajstić information content (AvgIpc) is 1.06. The molecule has 0 spiro atoms.